The molecule has 4 heterocycles. The maximum Gasteiger partial charge on any atom is 0.240 e. The van der Waals surface area contributed by atoms with E-state index in [1.807, 2.05) is 48.9 Å². The van der Waals surface area contributed by atoms with Crippen LogP contribution in [-0.2, 0) is 20.9 Å². The molecule has 3 fully saturated rings. The van der Waals surface area contributed by atoms with Gasteiger partial charge in [-0.25, -0.2) is 4.90 Å². The molecule has 2 aromatic rings. The van der Waals surface area contributed by atoms with Gasteiger partial charge in [0.15, 0.2) is 0 Å². The highest BCUT2D eigenvalue weighted by molar-refractivity contribution is 6.22. The Morgan fingerprint density at radius 1 is 1.08 bits per heavy atom. The van der Waals surface area contributed by atoms with Crippen LogP contribution < -0.4 is 4.90 Å². The van der Waals surface area contributed by atoms with Crippen LogP contribution in [0.15, 0.2) is 30.3 Å². The zero-order valence-corrected chi connectivity index (χ0v) is 14.9. The number of aryl methyl sites for hydroxylation is 2. The first-order chi connectivity index (χ1) is 12.5. The van der Waals surface area contributed by atoms with Gasteiger partial charge in [0.1, 0.15) is 0 Å². The lowest BCUT2D eigenvalue weighted by Crippen LogP contribution is -2.34. The van der Waals surface area contributed by atoms with Crippen LogP contribution in [0.4, 0.5) is 5.69 Å². The Kier molecular flexibility index (Phi) is 3.34. The molecule has 6 heteroatoms. The van der Waals surface area contributed by atoms with Crippen molar-refractivity contribution in [3.63, 3.8) is 0 Å². The maximum absolute atomic E-state index is 12.9. The van der Waals surface area contributed by atoms with Gasteiger partial charge in [-0.1, -0.05) is 12.1 Å². The van der Waals surface area contributed by atoms with Crippen LogP contribution in [0.5, 0.6) is 0 Å². The number of fused-ring (bicyclic) bond motifs is 5. The first kappa shape index (κ1) is 15.8. The summed E-state index contributed by atoms with van der Waals surface area (Å²) in [5, 5.41) is 4.49. The average molecular weight is 351 g/mol. The minimum atomic E-state index is -0.291. The quantitative estimate of drug-likeness (QED) is 0.796. The third kappa shape index (κ3) is 2.18. The topological polar surface area (TPSA) is 64.4 Å². The zero-order valence-electron chi connectivity index (χ0n) is 14.9. The number of anilines is 1. The highest BCUT2D eigenvalue weighted by Crippen LogP contribution is 2.49. The molecule has 134 valence electrons. The molecule has 0 aliphatic carbocycles. The fourth-order valence-corrected chi connectivity index (χ4v) is 4.77. The molecule has 2 bridgehead atoms. The maximum atomic E-state index is 12.9. The molecule has 1 aromatic carbocycles. The van der Waals surface area contributed by atoms with Gasteiger partial charge >= 0.3 is 0 Å². The second kappa shape index (κ2) is 5.51. The lowest BCUT2D eigenvalue weighted by Gasteiger charge is -2.18. The number of nitrogens with zero attached hydrogens (tertiary/aromatic N) is 3. The normalized spacial score (nSPS) is 29.7. The van der Waals surface area contributed by atoms with Crippen LogP contribution in [-0.4, -0.2) is 33.8 Å². The van der Waals surface area contributed by atoms with E-state index in [-0.39, 0.29) is 35.9 Å². The Morgan fingerprint density at radius 2 is 1.77 bits per heavy atom. The molecule has 6 nitrogen and oxygen atoms in total. The van der Waals surface area contributed by atoms with Gasteiger partial charge in [-0.2, -0.15) is 5.10 Å². The van der Waals surface area contributed by atoms with Crippen molar-refractivity contribution in [2.75, 3.05) is 4.90 Å². The summed E-state index contributed by atoms with van der Waals surface area (Å²) in [4.78, 5) is 27.2. The summed E-state index contributed by atoms with van der Waals surface area (Å²) in [6.07, 6.45) is 1.61. The van der Waals surface area contributed by atoms with Crippen LogP contribution >= 0.6 is 0 Å². The number of rotatable bonds is 3. The van der Waals surface area contributed by atoms with Gasteiger partial charge in [-0.05, 0) is 50.5 Å². The van der Waals surface area contributed by atoms with E-state index in [0.29, 0.717) is 12.2 Å². The molecule has 1 aromatic heterocycles. The highest BCUT2D eigenvalue weighted by atomic mass is 16.5. The fraction of sp³-hybridized carbons (Fsp3) is 0.450. The number of hydrogen-bond acceptors (Lipinski definition) is 4. The van der Waals surface area contributed by atoms with E-state index in [1.165, 1.54) is 4.90 Å². The predicted molar refractivity (Wildman–Crippen MR) is 94.6 cm³/mol. The minimum Gasteiger partial charge on any atom is -0.373 e. The minimum absolute atomic E-state index is 0.0793. The summed E-state index contributed by atoms with van der Waals surface area (Å²) in [7, 11) is 0. The molecule has 3 aliphatic heterocycles. The molecule has 5 rings (SSSR count). The van der Waals surface area contributed by atoms with Crippen LogP contribution in [0, 0.1) is 25.7 Å². The predicted octanol–water partition coefficient (Wildman–Crippen LogP) is 2.22. The van der Waals surface area contributed by atoms with Crippen molar-refractivity contribution < 1.29 is 14.3 Å². The van der Waals surface area contributed by atoms with Gasteiger partial charge in [-0.3, -0.25) is 14.3 Å². The Morgan fingerprint density at radius 3 is 2.38 bits per heavy atom. The molecular formula is C20H21N3O3. The smallest absolute Gasteiger partial charge is 0.240 e. The Bertz CT molecular complexity index is 891. The summed E-state index contributed by atoms with van der Waals surface area (Å²) >= 11 is 0. The van der Waals surface area contributed by atoms with Crippen LogP contribution in [0.3, 0.4) is 0 Å². The highest BCUT2D eigenvalue weighted by Gasteiger charge is 2.62. The third-order valence-corrected chi connectivity index (χ3v) is 5.89. The van der Waals surface area contributed by atoms with E-state index in [4.69, 9.17) is 4.74 Å². The molecule has 3 aliphatic rings. The Hall–Kier alpha value is -2.47. The number of ether oxygens (including phenoxy) is 1. The van der Waals surface area contributed by atoms with Crippen LogP contribution in [0.25, 0.3) is 0 Å². The number of aromatic nitrogens is 2. The molecule has 3 saturated heterocycles. The summed E-state index contributed by atoms with van der Waals surface area (Å²) < 4.78 is 7.74. The molecule has 2 amide bonds. The zero-order chi connectivity index (χ0) is 18.0. The number of carbonyl (C=O) groups excluding carboxylic acids is 2. The van der Waals surface area contributed by atoms with Crippen molar-refractivity contribution in [2.45, 2.75) is 45.4 Å². The van der Waals surface area contributed by atoms with Crippen molar-refractivity contribution in [1.29, 1.82) is 0 Å². The van der Waals surface area contributed by atoms with E-state index < -0.39 is 0 Å². The van der Waals surface area contributed by atoms with Crippen molar-refractivity contribution in [3.05, 3.63) is 47.3 Å². The van der Waals surface area contributed by atoms with Crippen molar-refractivity contribution >= 4 is 17.5 Å². The van der Waals surface area contributed by atoms with Gasteiger partial charge < -0.3 is 4.74 Å². The van der Waals surface area contributed by atoms with Gasteiger partial charge in [0.2, 0.25) is 11.8 Å². The van der Waals surface area contributed by atoms with Crippen LogP contribution in [0.2, 0.25) is 0 Å². The number of hydrogen-bond donors (Lipinski definition) is 0. The van der Waals surface area contributed by atoms with E-state index in [9.17, 15) is 9.59 Å². The van der Waals surface area contributed by atoms with Gasteiger partial charge in [0.05, 0.1) is 42.0 Å². The van der Waals surface area contributed by atoms with E-state index in [2.05, 4.69) is 5.10 Å². The summed E-state index contributed by atoms with van der Waals surface area (Å²) in [5.74, 6) is -0.784. The molecule has 0 unspecified atom stereocenters. The summed E-state index contributed by atoms with van der Waals surface area (Å²) in [6.45, 7) is 4.61. The van der Waals surface area contributed by atoms with Gasteiger partial charge in [0.25, 0.3) is 0 Å². The first-order valence-corrected chi connectivity index (χ1v) is 9.16. The number of benzene rings is 1. The molecule has 0 N–H and O–H groups in total. The van der Waals surface area contributed by atoms with E-state index in [0.717, 1.165) is 29.8 Å². The molecular weight excluding hydrogens is 330 g/mol. The van der Waals surface area contributed by atoms with Gasteiger partial charge in [0, 0.05) is 5.69 Å². The lowest BCUT2D eigenvalue weighted by atomic mass is 9.81. The van der Waals surface area contributed by atoms with E-state index >= 15 is 0 Å². The second-order valence-electron chi connectivity index (χ2n) is 7.61. The average Bonchev–Trinajstić information content (AvgIpc) is 3.34. The summed E-state index contributed by atoms with van der Waals surface area (Å²) in [6, 6.07) is 9.70. The van der Waals surface area contributed by atoms with Crippen molar-refractivity contribution in [2.24, 2.45) is 11.8 Å². The Labute approximate surface area is 151 Å². The second-order valence-corrected chi connectivity index (χ2v) is 7.61. The van der Waals surface area contributed by atoms with Crippen LogP contribution in [0.1, 0.15) is 29.8 Å². The number of carbonyl (C=O) groups is 2. The first-order valence-electron chi connectivity index (χ1n) is 9.16. The fourth-order valence-electron chi connectivity index (χ4n) is 4.77. The van der Waals surface area contributed by atoms with Gasteiger partial charge in [-0.15, -0.1) is 0 Å². The standard InChI is InChI=1S/C20H21N3O3/c1-11-8-12(2)22(21-11)10-13-4-3-5-14(9-13)23-19(24)17-15-6-7-16(26-15)18(17)20(23)25/h3-5,8-9,15-18H,6-7,10H2,1-2H3/t15-,16-,17-,18+/m0/s1. The monoisotopic (exact) mass is 351 g/mol. The number of amides is 2. The third-order valence-electron chi connectivity index (χ3n) is 5.89. The van der Waals surface area contributed by atoms with Crippen molar-refractivity contribution in [1.82, 2.24) is 9.78 Å². The SMILES string of the molecule is Cc1cc(C)n(Cc2cccc(N3C(=O)[C@@H]4[C@H](C3=O)[C@@H]3CC[C@@H]4O3)c2)n1. The largest absolute Gasteiger partial charge is 0.373 e. The molecule has 0 radical (unpaired) electrons. The lowest BCUT2D eigenvalue weighted by molar-refractivity contribution is -0.124. The van der Waals surface area contributed by atoms with Crippen molar-refractivity contribution in [3.8, 4) is 0 Å². The summed E-state index contributed by atoms with van der Waals surface area (Å²) in [5.41, 5.74) is 3.75. The number of imide groups is 1. The Balaban J connectivity index is 1.45. The molecule has 0 spiro atoms. The van der Waals surface area contributed by atoms with E-state index in [1.54, 1.807) is 0 Å². The molecule has 4 atom stereocenters. The molecule has 0 saturated carbocycles. The molecule has 26 heavy (non-hydrogen) atoms.